The lowest BCUT2D eigenvalue weighted by molar-refractivity contribution is 1.17. The minimum Gasteiger partial charge on any atom is -0.359 e. The van der Waals surface area contributed by atoms with Gasteiger partial charge in [0.1, 0.15) is 0 Å². The highest BCUT2D eigenvalue weighted by molar-refractivity contribution is 5.27. The summed E-state index contributed by atoms with van der Waals surface area (Å²) in [5.74, 6) is 2.72. The van der Waals surface area contributed by atoms with Gasteiger partial charge in [0.05, 0.1) is 0 Å². The third-order valence-electron chi connectivity index (χ3n) is 0.952. The Hall–Kier alpha value is -1.38. The molecule has 0 rings (SSSR count). The van der Waals surface area contributed by atoms with Crippen molar-refractivity contribution in [3.05, 3.63) is 30.0 Å². The number of hydrogen-bond acceptors (Lipinski definition) is 1. The fraction of sp³-hybridized carbons (Fsp3) is 0.222. The molecule has 0 aromatic rings. The van der Waals surface area contributed by atoms with Gasteiger partial charge in [-0.05, 0) is 18.4 Å². The fourth-order valence-corrected chi connectivity index (χ4v) is 0.473. The highest BCUT2D eigenvalue weighted by Crippen LogP contribution is 1.93. The third-order valence-corrected chi connectivity index (χ3v) is 0.952. The van der Waals surface area contributed by atoms with Gasteiger partial charge in [-0.25, -0.2) is 0 Å². The van der Waals surface area contributed by atoms with Crippen LogP contribution in [0.5, 0.6) is 0 Å². The van der Waals surface area contributed by atoms with Gasteiger partial charge in [0.2, 0.25) is 0 Å². The van der Waals surface area contributed by atoms with Crippen molar-refractivity contribution < 1.29 is 0 Å². The van der Waals surface area contributed by atoms with Crippen molar-refractivity contribution in [3.63, 3.8) is 0 Å². The molecule has 10 heavy (non-hydrogen) atoms. The Kier molecular flexibility index (Phi) is 4.96. The van der Waals surface area contributed by atoms with E-state index in [1.165, 1.54) is 0 Å². The van der Waals surface area contributed by atoms with E-state index in [4.69, 9.17) is 5.73 Å². The Morgan fingerprint density at radius 1 is 1.70 bits per heavy atom. The first-order valence-corrected chi connectivity index (χ1v) is 3.13. The van der Waals surface area contributed by atoms with Crippen molar-refractivity contribution in [1.29, 1.82) is 0 Å². The minimum absolute atomic E-state index is 0.856. The van der Waals surface area contributed by atoms with Gasteiger partial charge in [0.25, 0.3) is 0 Å². The second-order valence-electron chi connectivity index (χ2n) is 1.65. The fourth-order valence-electron chi connectivity index (χ4n) is 0.473. The first kappa shape index (κ1) is 8.62. The van der Waals surface area contributed by atoms with Gasteiger partial charge in [0, 0.05) is 11.6 Å². The molecule has 0 heterocycles. The zero-order valence-corrected chi connectivity index (χ0v) is 6.15. The molecule has 0 bridgehead atoms. The SMILES string of the molecule is C=CC=C=C(C#CN)CC. The second-order valence-corrected chi connectivity index (χ2v) is 1.65. The van der Waals surface area contributed by atoms with Crippen LogP contribution in [-0.4, -0.2) is 0 Å². The van der Waals surface area contributed by atoms with Gasteiger partial charge in [0.15, 0.2) is 0 Å². The molecule has 0 aliphatic heterocycles. The molecule has 1 nitrogen and oxygen atoms in total. The van der Waals surface area contributed by atoms with Crippen LogP contribution in [0.3, 0.4) is 0 Å². The number of hydrogen-bond donors (Lipinski definition) is 1. The van der Waals surface area contributed by atoms with E-state index < -0.39 is 0 Å². The lowest BCUT2D eigenvalue weighted by atomic mass is 10.2. The minimum atomic E-state index is 0.856. The summed E-state index contributed by atoms with van der Waals surface area (Å²) in [4.78, 5) is 0. The van der Waals surface area contributed by atoms with E-state index >= 15 is 0 Å². The Bertz CT molecular complexity index is 219. The highest BCUT2D eigenvalue weighted by atomic mass is 14.5. The number of nitrogens with two attached hydrogens (primary N) is 1. The Morgan fingerprint density at radius 3 is 2.80 bits per heavy atom. The standard InChI is InChI=1S/C9H11N/c1-3-5-6-9(4-2)7-8-10/h3,5H,1,4,10H2,2H3. The van der Waals surface area contributed by atoms with Crippen LogP contribution in [0.1, 0.15) is 13.3 Å². The summed E-state index contributed by atoms with van der Waals surface area (Å²) in [5, 5.41) is 0. The molecule has 1 heteroatoms. The Balaban J connectivity index is 4.42. The molecular formula is C9H11N. The van der Waals surface area contributed by atoms with Crippen molar-refractivity contribution in [2.24, 2.45) is 5.73 Å². The molecular weight excluding hydrogens is 122 g/mol. The van der Waals surface area contributed by atoms with Crippen molar-refractivity contribution in [1.82, 2.24) is 0 Å². The topological polar surface area (TPSA) is 26.0 Å². The van der Waals surface area contributed by atoms with Crippen LogP contribution in [0.25, 0.3) is 0 Å². The van der Waals surface area contributed by atoms with Gasteiger partial charge < -0.3 is 5.73 Å². The van der Waals surface area contributed by atoms with Crippen molar-refractivity contribution in [3.8, 4) is 12.0 Å². The van der Waals surface area contributed by atoms with Crippen molar-refractivity contribution in [2.45, 2.75) is 13.3 Å². The Labute approximate surface area is 61.9 Å². The zero-order chi connectivity index (χ0) is 7.82. The number of rotatable bonds is 2. The average molecular weight is 133 g/mol. The molecule has 0 atom stereocenters. The van der Waals surface area contributed by atoms with E-state index in [-0.39, 0.29) is 0 Å². The molecule has 0 amide bonds. The highest BCUT2D eigenvalue weighted by Gasteiger charge is 1.80. The van der Waals surface area contributed by atoms with Crippen molar-refractivity contribution >= 4 is 0 Å². The van der Waals surface area contributed by atoms with Crippen LogP contribution in [0.15, 0.2) is 30.0 Å². The number of allylic oxidation sites excluding steroid dienone is 2. The maximum absolute atomic E-state index is 5.02. The summed E-state index contributed by atoms with van der Waals surface area (Å²) in [7, 11) is 0. The van der Waals surface area contributed by atoms with Crippen LogP contribution in [-0.2, 0) is 0 Å². The van der Waals surface area contributed by atoms with E-state index in [0.29, 0.717) is 0 Å². The molecule has 0 saturated heterocycles. The van der Waals surface area contributed by atoms with Crippen molar-refractivity contribution in [2.75, 3.05) is 0 Å². The van der Waals surface area contributed by atoms with Gasteiger partial charge in [-0.15, -0.1) is 5.73 Å². The summed E-state index contributed by atoms with van der Waals surface area (Å²) in [6.07, 6.45) is 4.24. The zero-order valence-electron chi connectivity index (χ0n) is 6.15. The molecule has 0 fully saturated rings. The summed E-state index contributed by atoms with van der Waals surface area (Å²) in [6, 6.07) is 2.32. The van der Waals surface area contributed by atoms with Crippen LogP contribution < -0.4 is 5.73 Å². The molecule has 0 aromatic carbocycles. The van der Waals surface area contributed by atoms with Gasteiger partial charge in [-0.1, -0.05) is 19.6 Å². The molecule has 2 N–H and O–H groups in total. The summed E-state index contributed by atoms with van der Waals surface area (Å²) >= 11 is 0. The van der Waals surface area contributed by atoms with Gasteiger partial charge >= 0.3 is 0 Å². The molecule has 0 aliphatic rings. The lowest BCUT2D eigenvalue weighted by Crippen LogP contribution is -1.78. The predicted molar refractivity (Wildman–Crippen MR) is 44.0 cm³/mol. The molecule has 0 aliphatic carbocycles. The molecule has 0 unspecified atom stereocenters. The quantitative estimate of drug-likeness (QED) is 0.263. The largest absolute Gasteiger partial charge is 0.359 e. The van der Waals surface area contributed by atoms with E-state index in [1.54, 1.807) is 12.2 Å². The molecule has 0 radical (unpaired) electrons. The summed E-state index contributed by atoms with van der Waals surface area (Å²) < 4.78 is 0. The molecule has 0 spiro atoms. The maximum atomic E-state index is 5.02. The van der Waals surface area contributed by atoms with Crippen LogP contribution in [0.2, 0.25) is 0 Å². The first-order chi connectivity index (χ1) is 4.85. The summed E-state index contributed by atoms with van der Waals surface area (Å²) in [6.45, 7) is 5.52. The van der Waals surface area contributed by atoms with E-state index in [1.807, 2.05) is 6.92 Å². The van der Waals surface area contributed by atoms with Crippen LogP contribution >= 0.6 is 0 Å². The predicted octanol–water partition coefficient (Wildman–Crippen LogP) is 1.58. The van der Waals surface area contributed by atoms with E-state index in [0.717, 1.165) is 12.0 Å². The first-order valence-electron chi connectivity index (χ1n) is 3.13. The van der Waals surface area contributed by atoms with Crippen LogP contribution in [0, 0.1) is 12.0 Å². The monoisotopic (exact) mass is 133 g/mol. The van der Waals surface area contributed by atoms with Crippen LogP contribution in [0.4, 0.5) is 0 Å². The smallest absolute Gasteiger partial charge is 0.0453 e. The maximum Gasteiger partial charge on any atom is 0.0453 e. The molecule has 52 valence electrons. The molecule has 0 saturated carbocycles. The van der Waals surface area contributed by atoms with Gasteiger partial charge in [-0.3, -0.25) is 0 Å². The summed E-state index contributed by atoms with van der Waals surface area (Å²) in [5.41, 5.74) is 8.86. The van der Waals surface area contributed by atoms with E-state index in [9.17, 15) is 0 Å². The normalized spacial score (nSPS) is 6.50. The van der Waals surface area contributed by atoms with E-state index in [2.05, 4.69) is 24.3 Å². The lowest BCUT2D eigenvalue weighted by Gasteiger charge is -1.82. The Morgan fingerprint density at radius 2 is 2.40 bits per heavy atom. The molecule has 0 aromatic heterocycles. The second kappa shape index (κ2) is 5.75. The average Bonchev–Trinajstić information content (AvgIpc) is 1.98. The third kappa shape index (κ3) is 3.60. The van der Waals surface area contributed by atoms with Gasteiger partial charge in [-0.2, -0.15) is 0 Å².